The van der Waals surface area contributed by atoms with E-state index in [1.165, 1.54) is 48.5 Å². The molecule has 18 atom stereocenters. The van der Waals surface area contributed by atoms with Gasteiger partial charge in [-0.15, -0.1) is 0 Å². The van der Waals surface area contributed by atoms with Crippen LogP contribution in [0.25, 0.3) is 11.1 Å². The van der Waals surface area contributed by atoms with Crippen LogP contribution in [0.1, 0.15) is 102 Å². The molecule has 3 saturated heterocycles. The largest absolute Gasteiger partial charge is 0.469 e. The van der Waals surface area contributed by atoms with Gasteiger partial charge in [-0.1, -0.05) is 261 Å². The molecule has 11 aromatic rings. The highest BCUT2D eigenvalue weighted by molar-refractivity contribution is 7.91. The average molecular weight is 1820 g/mol. The molecule has 1 aliphatic carbocycles. The van der Waals surface area contributed by atoms with Crippen LogP contribution in [0.15, 0.2) is 314 Å². The molecule has 0 radical (unpaired) electrons. The van der Waals surface area contributed by atoms with Crippen LogP contribution in [0.5, 0.6) is 0 Å². The summed E-state index contributed by atoms with van der Waals surface area (Å²) >= 11 is 0. The number of methoxy groups -OCH3 is 1. The number of halogens is 2. The van der Waals surface area contributed by atoms with E-state index in [0.29, 0.717) is 27.9 Å². The molecule has 4 aliphatic rings. The summed E-state index contributed by atoms with van der Waals surface area (Å²) in [6, 6.07) is 92.3. The van der Waals surface area contributed by atoms with E-state index >= 15 is 8.42 Å². The number of benzene rings is 11. The van der Waals surface area contributed by atoms with Crippen molar-refractivity contribution >= 4 is 45.3 Å². The number of hydrogen-bond acceptors (Lipinski definition) is 22. The second-order valence-corrected chi connectivity index (χ2v) is 35.2. The highest BCUT2D eigenvalue weighted by Gasteiger charge is 2.58. The maximum atomic E-state index is 15.8. The summed E-state index contributed by atoms with van der Waals surface area (Å²) in [6.07, 6.45) is -17.8. The van der Waals surface area contributed by atoms with E-state index in [9.17, 15) is 32.8 Å². The molecule has 132 heavy (non-hydrogen) atoms. The Morgan fingerprint density at radius 2 is 0.803 bits per heavy atom. The third kappa shape index (κ3) is 24.9. The summed E-state index contributed by atoms with van der Waals surface area (Å²) in [7, 11) is -3.23. The first-order chi connectivity index (χ1) is 64.3. The monoisotopic (exact) mass is 1820 g/mol. The van der Waals surface area contributed by atoms with E-state index in [0.717, 1.165) is 66.8 Å². The second kappa shape index (κ2) is 46.0. The van der Waals surface area contributed by atoms with Gasteiger partial charge in [-0.25, -0.2) is 17.2 Å². The predicted molar refractivity (Wildman–Crippen MR) is 484 cm³/mol. The van der Waals surface area contributed by atoms with Crippen LogP contribution < -0.4 is 4.90 Å². The van der Waals surface area contributed by atoms with Gasteiger partial charge in [0.2, 0.25) is 5.91 Å². The Balaban J connectivity index is 0.746. The van der Waals surface area contributed by atoms with E-state index in [1.807, 2.05) is 237 Å². The number of amides is 1. The highest BCUT2D eigenvalue weighted by Crippen LogP contribution is 2.49. The van der Waals surface area contributed by atoms with Crippen LogP contribution in [0.4, 0.5) is 14.5 Å². The highest BCUT2D eigenvalue weighted by atomic mass is 32.2. The lowest BCUT2D eigenvalue weighted by Crippen LogP contribution is -2.66. The van der Waals surface area contributed by atoms with Crippen molar-refractivity contribution in [2.75, 3.05) is 31.0 Å². The summed E-state index contributed by atoms with van der Waals surface area (Å²) in [5.41, 5.74) is 8.91. The van der Waals surface area contributed by atoms with Crippen LogP contribution >= 0.6 is 0 Å². The molecule has 0 spiro atoms. The molecule has 0 aromatic heterocycles. The third-order valence-electron chi connectivity index (χ3n) is 24.0. The van der Waals surface area contributed by atoms with Crippen molar-refractivity contribution in [3.63, 3.8) is 0 Å². The van der Waals surface area contributed by atoms with Gasteiger partial charge >= 0.3 is 23.9 Å². The van der Waals surface area contributed by atoms with Gasteiger partial charge in [0.1, 0.15) is 78.6 Å². The first-order valence-electron chi connectivity index (χ1n) is 44.3. The molecule has 688 valence electrons. The van der Waals surface area contributed by atoms with Crippen LogP contribution in [-0.2, 0) is 151 Å². The fourth-order valence-corrected chi connectivity index (χ4v) is 19.0. The minimum Gasteiger partial charge on any atom is -0.469 e. The standard InChI is InChI=1S/C106H107F2NO22S/c1-69(110)125-95-88(105(114)117-4)58-90(98(126-70(2)111)102(95)127-71(3)112)128-89(81-44-48-83(107)49-45-81)57-56-87-94(109(104(87)113)85-52-50-84(108)51-53-85)82-42-40-79(41-43-82)80-46-54-86(55-47-80)132(115,116)68-93-97(121-62-75-32-18-8-19-33-75)100(122-63-76-34-20-9-21-35-76)99(92(129-93)67-119-60-73-28-14-6-15-29-73)131-106-103(124-65-78-38-24-11-25-39-78)101(123-64-77-36-22-10-23-37-77)96(120-61-74-30-16-7-17-31-74)91(130-106)66-118-59-72-26-12-5-13-27-72/h5-55,87-103,106H,56-68H2,1-4H3/t87-,88?,89+,90-,91?,92?,93+,94-,95+,96+,97?,98?,99+,100-,101+,102+,103?,106+/m1/s1. The van der Waals surface area contributed by atoms with Gasteiger partial charge < -0.3 is 76.0 Å². The third-order valence-corrected chi connectivity index (χ3v) is 25.7. The van der Waals surface area contributed by atoms with Gasteiger partial charge in [0.05, 0.1) is 95.3 Å². The van der Waals surface area contributed by atoms with Crippen molar-refractivity contribution in [3.8, 4) is 11.1 Å². The molecular formula is C106H107F2NO22S. The van der Waals surface area contributed by atoms with E-state index in [4.69, 9.17) is 71.1 Å². The van der Waals surface area contributed by atoms with E-state index in [2.05, 4.69) is 0 Å². The van der Waals surface area contributed by atoms with Gasteiger partial charge in [0, 0.05) is 26.5 Å². The SMILES string of the molecule is COC(=O)C1C[C@@H](O[C@@H](CC[C@H]2C(=O)N(c3ccc(F)cc3)[C@@H]2c2ccc(-c3ccc(S(=O)(=O)C[C@@H]4OC(COCc5ccccc5)[C@H](O[C@@H]5OC(COCc6ccccc6)[C@H](OCc6ccccc6)[C@H](OCc6ccccc6)C5OCc5ccccc5)[C@H](OCc5ccccc5)C4OCc4ccccc4)cc3)cc2)c2ccc(F)cc2)C(OC(C)=O)[C@@H](OC(C)=O)[C@H]1OC(C)=O. The molecule has 6 unspecified atom stereocenters. The molecule has 15 rings (SSSR count). The molecule has 1 saturated carbocycles. The van der Waals surface area contributed by atoms with Crippen molar-refractivity contribution in [2.24, 2.45) is 11.8 Å². The number of rotatable bonds is 41. The number of carbonyl (C=O) groups is 5. The number of sulfone groups is 1. The summed E-state index contributed by atoms with van der Waals surface area (Å²) in [5.74, 6) is -7.40. The molecule has 23 nitrogen and oxygen atoms in total. The average Bonchev–Trinajstić information content (AvgIpc) is 0.829. The summed E-state index contributed by atoms with van der Waals surface area (Å²) in [4.78, 5) is 68.4. The predicted octanol–water partition coefficient (Wildman–Crippen LogP) is 17.2. The number of nitrogens with zero attached hydrogens (tertiary/aromatic N) is 1. The fourth-order valence-electron chi connectivity index (χ4n) is 17.6. The van der Waals surface area contributed by atoms with E-state index in [-0.39, 0.29) is 89.5 Å². The Labute approximate surface area is 767 Å². The zero-order chi connectivity index (χ0) is 91.9. The Hall–Kier alpha value is -11.9. The van der Waals surface area contributed by atoms with Crippen molar-refractivity contribution < 1.29 is 112 Å². The quantitative estimate of drug-likeness (QED) is 0.0196. The minimum absolute atomic E-state index is 0.00737. The zero-order valence-electron chi connectivity index (χ0n) is 73.6. The number of esters is 4. The molecule has 0 N–H and O–H groups in total. The summed E-state index contributed by atoms with van der Waals surface area (Å²) in [5, 5.41) is 0. The lowest BCUT2D eigenvalue weighted by atomic mass is 9.77. The lowest BCUT2D eigenvalue weighted by Gasteiger charge is -2.50. The van der Waals surface area contributed by atoms with Crippen molar-refractivity contribution in [1.29, 1.82) is 0 Å². The lowest BCUT2D eigenvalue weighted by molar-refractivity contribution is -0.362. The fraction of sp³-hybridized carbons (Fsp3) is 0.330. The van der Waals surface area contributed by atoms with Gasteiger partial charge in [-0.3, -0.25) is 24.0 Å². The van der Waals surface area contributed by atoms with Crippen LogP contribution in [0, 0.1) is 23.5 Å². The molecule has 3 heterocycles. The second-order valence-electron chi connectivity index (χ2n) is 33.2. The van der Waals surface area contributed by atoms with Gasteiger partial charge in [0.25, 0.3) is 0 Å². The van der Waals surface area contributed by atoms with Gasteiger partial charge in [-0.2, -0.15) is 0 Å². The van der Waals surface area contributed by atoms with E-state index < -0.39 is 161 Å². The van der Waals surface area contributed by atoms with Gasteiger partial charge in [0.15, 0.2) is 34.4 Å². The number of β-lactam (4-membered cyclic amide) rings is 1. The Morgan fingerprint density at radius 1 is 0.417 bits per heavy atom. The Morgan fingerprint density at radius 3 is 1.25 bits per heavy atom. The summed E-state index contributed by atoms with van der Waals surface area (Å²) in [6.45, 7) is 3.97. The van der Waals surface area contributed by atoms with Crippen LogP contribution in [-0.4, -0.2) is 150 Å². The first kappa shape index (κ1) is 94.8. The number of hydrogen-bond donors (Lipinski definition) is 0. The number of ether oxygens (including phenoxy) is 15. The number of anilines is 1. The Bertz CT molecular complexity index is 5620. The molecule has 4 fully saturated rings. The molecule has 1 amide bonds. The van der Waals surface area contributed by atoms with Crippen molar-refractivity contribution in [2.45, 2.75) is 189 Å². The zero-order valence-corrected chi connectivity index (χ0v) is 74.4. The molecule has 3 aliphatic heterocycles. The topological polar surface area (TPSA) is 261 Å². The molecule has 26 heteroatoms. The summed E-state index contributed by atoms with van der Waals surface area (Å²) < 4.78 is 162. The van der Waals surface area contributed by atoms with E-state index in [1.54, 1.807) is 29.2 Å². The van der Waals surface area contributed by atoms with Crippen LogP contribution in [0.3, 0.4) is 0 Å². The number of carbonyl (C=O) groups excluding carboxylic acids is 5. The molecule has 0 bridgehead atoms. The normalized spacial score (nSPS) is 23.8. The first-order valence-corrected chi connectivity index (χ1v) is 45.9. The van der Waals surface area contributed by atoms with Crippen molar-refractivity contribution in [3.05, 3.63) is 371 Å². The Kier molecular flexibility index (Phi) is 33.0. The minimum atomic E-state index is -4.36. The molecule has 11 aromatic carbocycles. The van der Waals surface area contributed by atoms with Gasteiger partial charge in [-0.05, 0) is 129 Å². The smallest absolute Gasteiger partial charge is 0.312 e. The molecular weight excluding hydrogens is 1710 g/mol. The maximum Gasteiger partial charge on any atom is 0.312 e. The maximum absolute atomic E-state index is 15.8. The van der Waals surface area contributed by atoms with Crippen molar-refractivity contribution in [1.82, 2.24) is 0 Å². The van der Waals surface area contributed by atoms with Crippen LogP contribution in [0.2, 0.25) is 0 Å².